The molecule has 14 heavy (non-hydrogen) atoms. The summed E-state index contributed by atoms with van der Waals surface area (Å²) in [4.78, 5) is 0. The normalized spacial score (nSPS) is 10.9. The molecule has 0 saturated heterocycles. The molecule has 0 aliphatic heterocycles. The van der Waals surface area contributed by atoms with Crippen LogP contribution in [0.2, 0.25) is 0 Å². The van der Waals surface area contributed by atoms with Crippen molar-refractivity contribution in [2.45, 2.75) is 13.3 Å². The number of rotatable bonds is 4. The van der Waals surface area contributed by atoms with Crippen molar-refractivity contribution in [3.63, 3.8) is 0 Å². The zero-order chi connectivity index (χ0) is 10.6. The minimum atomic E-state index is 0.332. The molecule has 1 rings (SSSR count). The molecule has 0 amide bonds. The number of aryl methyl sites for hydroxylation is 1. The molecular formula is C11H18N2O. The SMILES string of the molecule is Cc1cc(CC(CN)CN)ccc1O. The van der Waals surface area contributed by atoms with Crippen molar-refractivity contribution in [1.29, 1.82) is 0 Å². The summed E-state index contributed by atoms with van der Waals surface area (Å²) in [6.45, 7) is 3.10. The van der Waals surface area contributed by atoms with Crippen molar-refractivity contribution in [2.75, 3.05) is 13.1 Å². The summed E-state index contributed by atoms with van der Waals surface area (Å²) in [7, 11) is 0. The van der Waals surface area contributed by atoms with E-state index in [2.05, 4.69) is 0 Å². The fraction of sp³-hybridized carbons (Fsp3) is 0.455. The Labute approximate surface area is 84.7 Å². The van der Waals surface area contributed by atoms with E-state index in [9.17, 15) is 5.11 Å². The van der Waals surface area contributed by atoms with Crippen LogP contribution in [0.25, 0.3) is 0 Å². The Morgan fingerprint density at radius 2 is 1.93 bits per heavy atom. The predicted octanol–water partition coefficient (Wildman–Crippen LogP) is 0.777. The summed E-state index contributed by atoms with van der Waals surface area (Å²) < 4.78 is 0. The van der Waals surface area contributed by atoms with Crippen LogP contribution in [0, 0.1) is 12.8 Å². The van der Waals surface area contributed by atoms with Crippen LogP contribution in [0.15, 0.2) is 18.2 Å². The maximum Gasteiger partial charge on any atom is 0.118 e. The van der Waals surface area contributed by atoms with Crippen molar-refractivity contribution in [2.24, 2.45) is 17.4 Å². The molecule has 1 aromatic carbocycles. The van der Waals surface area contributed by atoms with Gasteiger partial charge >= 0.3 is 0 Å². The lowest BCUT2D eigenvalue weighted by atomic mass is 9.98. The second kappa shape index (κ2) is 4.98. The molecule has 1 aromatic rings. The average molecular weight is 194 g/mol. The highest BCUT2D eigenvalue weighted by Gasteiger charge is 2.06. The Hall–Kier alpha value is -1.06. The van der Waals surface area contributed by atoms with Crippen LogP contribution >= 0.6 is 0 Å². The van der Waals surface area contributed by atoms with Gasteiger partial charge in [0.1, 0.15) is 5.75 Å². The van der Waals surface area contributed by atoms with E-state index in [1.165, 1.54) is 5.56 Å². The van der Waals surface area contributed by atoms with E-state index < -0.39 is 0 Å². The molecule has 0 aliphatic rings. The maximum absolute atomic E-state index is 9.34. The monoisotopic (exact) mass is 194 g/mol. The van der Waals surface area contributed by atoms with Crippen LogP contribution in [-0.2, 0) is 6.42 Å². The van der Waals surface area contributed by atoms with Crippen LogP contribution in [0.4, 0.5) is 0 Å². The number of benzene rings is 1. The predicted molar refractivity (Wildman–Crippen MR) is 58.1 cm³/mol. The van der Waals surface area contributed by atoms with Gasteiger partial charge in [-0.25, -0.2) is 0 Å². The minimum Gasteiger partial charge on any atom is -0.508 e. The lowest BCUT2D eigenvalue weighted by Gasteiger charge is -2.12. The van der Waals surface area contributed by atoms with Crippen molar-refractivity contribution >= 4 is 0 Å². The minimum absolute atomic E-state index is 0.332. The summed E-state index contributed by atoms with van der Waals surface area (Å²) in [5.41, 5.74) is 13.2. The zero-order valence-corrected chi connectivity index (χ0v) is 8.53. The van der Waals surface area contributed by atoms with Crippen LogP contribution in [0.1, 0.15) is 11.1 Å². The van der Waals surface area contributed by atoms with Gasteiger partial charge in [0.2, 0.25) is 0 Å². The largest absolute Gasteiger partial charge is 0.508 e. The molecule has 3 nitrogen and oxygen atoms in total. The fourth-order valence-electron chi connectivity index (χ4n) is 1.44. The lowest BCUT2D eigenvalue weighted by Crippen LogP contribution is -2.25. The third-order valence-corrected chi connectivity index (χ3v) is 2.45. The van der Waals surface area contributed by atoms with Crippen molar-refractivity contribution in [3.05, 3.63) is 29.3 Å². The number of phenols is 1. The van der Waals surface area contributed by atoms with Crippen LogP contribution in [0.5, 0.6) is 5.75 Å². The Bertz CT molecular complexity index is 295. The highest BCUT2D eigenvalue weighted by molar-refractivity contribution is 5.35. The molecule has 0 fully saturated rings. The zero-order valence-electron chi connectivity index (χ0n) is 8.53. The van der Waals surface area contributed by atoms with E-state index in [-0.39, 0.29) is 0 Å². The Kier molecular flexibility index (Phi) is 3.92. The number of hydrogen-bond donors (Lipinski definition) is 3. The molecule has 0 heterocycles. The van der Waals surface area contributed by atoms with Gasteiger partial charge in [-0.05, 0) is 49.5 Å². The molecule has 5 N–H and O–H groups in total. The van der Waals surface area contributed by atoms with E-state index in [0.717, 1.165) is 12.0 Å². The first-order valence-electron chi connectivity index (χ1n) is 4.86. The first-order chi connectivity index (χ1) is 6.67. The van der Waals surface area contributed by atoms with E-state index in [1.54, 1.807) is 6.07 Å². The fourth-order valence-corrected chi connectivity index (χ4v) is 1.44. The summed E-state index contributed by atoms with van der Waals surface area (Å²) in [5.74, 6) is 0.671. The molecule has 78 valence electrons. The second-order valence-electron chi connectivity index (χ2n) is 3.66. The summed E-state index contributed by atoms with van der Waals surface area (Å²) in [5, 5.41) is 9.34. The smallest absolute Gasteiger partial charge is 0.118 e. The molecule has 0 aliphatic carbocycles. The van der Waals surface area contributed by atoms with Gasteiger partial charge in [-0.1, -0.05) is 12.1 Å². The average Bonchev–Trinajstić information content (AvgIpc) is 2.19. The van der Waals surface area contributed by atoms with Gasteiger partial charge in [-0.2, -0.15) is 0 Å². The third-order valence-electron chi connectivity index (χ3n) is 2.45. The summed E-state index contributed by atoms with van der Waals surface area (Å²) >= 11 is 0. The molecule has 0 radical (unpaired) electrons. The van der Waals surface area contributed by atoms with Crippen LogP contribution in [0.3, 0.4) is 0 Å². The van der Waals surface area contributed by atoms with Gasteiger partial charge in [-0.3, -0.25) is 0 Å². The standard InChI is InChI=1S/C11H18N2O/c1-8-4-9(2-3-11(8)14)5-10(6-12)7-13/h2-4,10,14H,5-7,12-13H2,1H3. The number of phenolic OH excluding ortho intramolecular Hbond substituents is 1. The van der Waals surface area contributed by atoms with Gasteiger partial charge in [0.05, 0.1) is 0 Å². The van der Waals surface area contributed by atoms with Crippen molar-refractivity contribution in [1.82, 2.24) is 0 Å². The molecule has 0 saturated carbocycles. The molecule has 0 atom stereocenters. The van der Waals surface area contributed by atoms with Crippen molar-refractivity contribution in [3.8, 4) is 5.75 Å². The Morgan fingerprint density at radius 1 is 1.29 bits per heavy atom. The molecule has 0 spiro atoms. The highest BCUT2D eigenvalue weighted by atomic mass is 16.3. The molecule has 0 unspecified atom stereocenters. The highest BCUT2D eigenvalue weighted by Crippen LogP contribution is 2.18. The van der Waals surface area contributed by atoms with E-state index in [0.29, 0.717) is 24.8 Å². The first kappa shape index (κ1) is 11.0. The van der Waals surface area contributed by atoms with E-state index in [4.69, 9.17) is 11.5 Å². The quantitative estimate of drug-likeness (QED) is 0.663. The van der Waals surface area contributed by atoms with Crippen molar-refractivity contribution < 1.29 is 5.11 Å². The van der Waals surface area contributed by atoms with Gasteiger partial charge in [0.25, 0.3) is 0 Å². The van der Waals surface area contributed by atoms with E-state index in [1.807, 2.05) is 19.1 Å². The van der Waals surface area contributed by atoms with Gasteiger partial charge in [0.15, 0.2) is 0 Å². The maximum atomic E-state index is 9.34. The van der Waals surface area contributed by atoms with E-state index >= 15 is 0 Å². The van der Waals surface area contributed by atoms with Gasteiger partial charge < -0.3 is 16.6 Å². The molecular weight excluding hydrogens is 176 g/mol. The van der Waals surface area contributed by atoms with Gasteiger partial charge in [0, 0.05) is 0 Å². The molecule has 0 aromatic heterocycles. The van der Waals surface area contributed by atoms with Gasteiger partial charge in [-0.15, -0.1) is 0 Å². The van der Waals surface area contributed by atoms with Crippen LogP contribution in [-0.4, -0.2) is 18.2 Å². The Balaban J connectivity index is 2.72. The topological polar surface area (TPSA) is 72.3 Å². The number of aromatic hydroxyl groups is 1. The lowest BCUT2D eigenvalue weighted by molar-refractivity contribution is 0.470. The Morgan fingerprint density at radius 3 is 2.43 bits per heavy atom. The molecule has 0 bridgehead atoms. The third kappa shape index (κ3) is 2.72. The van der Waals surface area contributed by atoms with Crippen LogP contribution < -0.4 is 11.5 Å². The first-order valence-corrected chi connectivity index (χ1v) is 4.86. The molecule has 3 heteroatoms. The number of nitrogens with two attached hydrogens (primary N) is 2. The second-order valence-corrected chi connectivity index (χ2v) is 3.66. The summed E-state index contributed by atoms with van der Waals surface area (Å²) in [6, 6.07) is 5.61. The number of hydrogen-bond acceptors (Lipinski definition) is 3. The summed E-state index contributed by atoms with van der Waals surface area (Å²) in [6.07, 6.45) is 0.883.